The lowest BCUT2D eigenvalue weighted by atomic mass is 9.89. The van der Waals surface area contributed by atoms with E-state index in [2.05, 4.69) is 36.3 Å². The fraction of sp³-hybridized carbons (Fsp3) is 0.389. The van der Waals surface area contributed by atoms with Crippen molar-refractivity contribution in [2.75, 3.05) is 7.11 Å². The van der Waals surface area contributed by atoms with Gasteiger partial charge >= 0.3 is 0 Å². The van der Waals surface area contributed by atoms with Gasteiger partial charge < -0.3 is 14.8 Å². The molecule has 4 heteroatoms. The minimum atomic E-state index is -0.186. The molecule has 0 fully saturated rings. The lowest BCUT2D eigenvalue weighted by Gasteiger charge is -2.38. The Balaban J connectivity index is 1.84. The Kier molecular flexibility index (Phi) is 4.03. The quantitative estimate of drug-likeness (QED) is 0.938. The van der Waals surface area contributed by atoms with E-state index >= 15 is 0 Å². The van der Waals surface area contributed by atoms with Crippen LogP contribution >= 0.6 is 0 Å². The van der Waals surface area contributed by atoms with E-state index in [1.165, 1.54) is 5.56 Å². The third-order valence-electron chi connectivity index (χ3n) is 3.95. The highest BCUT2D eigenvalue weighted by molar-refractivity contribution is 5.44. The minimum absolute atomic E-state index is 0.186. The maximum absolute atomic E-state index is 6.09. The van der Waals surface area contributed by atoms with E-state index in [-0.39, 0.29) is 11.6 Å². The number of rotatable bonds is 4. The van der Waals surface area contributed by atoms with E-state index in [9.17, 15) is 0 Å². The van der Waals surface area contributed by atoms with Crippen molar-refractivity contribution in [1.82, 2.24) is 10.3 Å². The SMILES string of the molecule is COc1ccc2c(c1)C(NCc1cccnc1)CC(C)(C)O2. The summed E-state index contributed by atoms with van der Waals surface area (Å²) in [6, 6.07) is 10.3. The average molecular weight is 298 g/mol. The highest BCUT2D eigenvalue weighted by Gasteiger charge is 2.33. The second-order valence-electron chi connectivity index (χ2n) is 6.26. The molecule has 0 bridgehead atoms. The molecule has 2 aromatic rings. The van der Waals surface area contributed by atoms with E-state index in [0.29, 0.717) is 0 Å². The molecule has 0 spiro atoms. The summed E-state index contributed by atoms with van der Waals surface area (Å²) in [7, 11) is 1.69. The highest BCUT2D eigenvalue weighted by atomic mass is 16.5. The summed E-state index contributed by atoms with van der Waals surface area (Å²) in [5.74, 6) is 1.79. The molecule has 2 heterocycles. The van der Waals surface area contributed by atoms with Gasteiger partial charge in [-0.3, -0.25) is 4.98 Å². The molecule has 1 N–H and O–H groups in total. The van der Waals surface area contributed by atoms with Crippen LogP contribution in [0.5, 0.6) is 11.5 Å². The van der Waals surface area contributed by atoms with Crippen LogP contribution in [0.2, 0.25) is 0 Å². The zero-order valence-electron chi connectivity index (χ0n) is 13.3. The predicted molar refractivity (Wildman–Crippen MR) is 86.1 cm³/mol. The summed E-state index contributed by atoms with van der Waals surface area (Å²) in [6.07, 6.45) is 4.60. The smallest absolute Gasteiger partial charge is 0.125 e. The van der Waals surface area contributed by atoms with Gasteiger partial charge in [-0.1, -0.05) is 6.07 Å². The van der Waals surface area contributed by atoms with Gasteiger partial charge in [-0.2, -0.15) is 0 Å². The Morgan fingerprint density at radius 1 is 1.36 bits per heavy atom. The van der Waals surface area contributed by atoms with E-state index in [0.717, 1.165) is 30.0 Å². The van der Waals surface area contributed by atoms with Crippen LogP contribution in [-0.2, 0) is 6.54 Å². The fourth-order valence-electron chi connectivity index (χ4n) is 2.89. The number of benzene rings is 1. The van der Waals surface area contributed by atoms with Gasteiger partial charge in [0.2, 0.25) is 0 Å². The average Bonchev–Trinajstić information content (AvgIpc) is 2.52. The number of nitrogens with one attached hydrogen (secondary N) is 1. The lowest BCUT2D eigenvalue weighted by Crippen LogP contribution is -2.39. The number of nitrogens with zero attached hydrogens (tertiary/aromatic N) is 1. The van der Waals surface area contributed by atoms with Crippen molar-refractivity contribution in [2.45, 2.75) is 38.5 Å². The molecular weight excluding hydrogens is 276 g/mol. The van der Waals surface area contributed by atoms with Crippen molar-refractivity contribution in [3.63, 3.8) is 0 Å². The molecule has 116 valence electrons. The van der Waals surface area contributed by atoms with Gasteiger partial charge in [0.05, 0.1) is 7.11 Å². The number of ether oxygens (including phenoxy) is 2. The molecule has 1 unspecified atom stereocenters. The first kappa shape index (κ1) is 14.9. The summed E-state index contributed by atoms with van der Waals surface area (Å²) in [6.45, 7) is 5.03. The summed E-state index contributed by atoms with van der Waals surface area (Å²) in [5, 5.41) is 3.63. The molecule has 0 aliphatic carbocycles. The maximum Gasteiger partial charge on any atom is 0.125 e. The lowest BCUT2D eigenvalue weighted by molar-refractivity contribution is 0.0655. The van der Waals surface area contributed by atoms with Crippen LogP contribution in [0.1, 0.15) is 37.4 Å². The molecule has 22 heavy (non-hydrogen) atoms. The molecule has 0 radical (unpaired) electrons. The van der Waals surface area contributed by atoms with Gasteiger partial charge in [-0.05, 0) is 43.7 Å². The van der Waals surface area contributed by atoms with Crippen molar-refractivity contribution in [1.29, 1.82) is 0 Å². The Hall–Kier alpha value is -2.07. The molecule has 0 saturated heterocycles. The van der Waals surface area contributed by atoms with E-state index in [1.807, 2.05) is 24.4 Å². The van der Waals surface area contributed by atoms with Gasteiger partial charge in [0.15, 0.2) is 0 Å². The molecule has 0 amide bonds. The fourth-order valence-corrected chi connectivity index (χ4v) is 2.89. The molecule has 1 aromatic heterocycles. The molecule has 1 atom stereocenters. The molecule has 1 aliphatic heterocycles. The van der Waals surface area contributed by atoms with Crippen LogP contribution in [0.25, 0.3) is 0 Å². The van der Waals surface area contributed by atoms with Crippen molar-refractivity contribution in [3.8, 4) is 11.5 Å². The molecular formula is C18H22N2O2. The Labute approximate surface area is 131 Å². The highest BCUT2D eigenvalue weighted by Crippen LogP contribution is 2.41. The van der Waals surface area contributed by atoms with Crippen LogP contribution in [0.15, 0.2) is 42.7 Å². The molecule has 0 saturated carbocycles. The van der Waals surface area contributed by atoms with Crippen molar-refractivity contribution in [2.24, 2.45) is 0 Å². The van der Waals surface area contributed by atoms with Crippen LogP contribution in [0.4, 0.5) is 0 Å². The Bertz CT molecular complexity index is 641. The summed E-state index contributed by atoms with van der Waals surface area (Å²) >= 11 is 0. The largest absolute Gasteiger partial charge is 0.497 e. The number of hydrogen-bond acceptors (Lipinski definition) is 4. The zero-order chi connectivity index (χ0) is 15.6. The molecule has 4 nitrogen and oxygen atoms in total. The van der Waals surface area contributed by atoms with Crippen molar-refractivity contribution in [3.05, 3.63) is 53.9 Å². The predicted octanol–water partition coefficient (Wildman–Crippen LogP) is 3.48. The van der Waals surface area contributed by atoms with Crippen molar-refractivity contribution >= 4 is 0 Å². The van der Waals surface area contributed by atoms with Crippen LogP contribution in [0, 0.1) is 0 Å². The first-order valence-corrected chi connectivity index (χ1v) is 7.57. The van der Waals surface area contributed by atoms with E-state index in [4.69, 9.17) is 9.47 Å². The van der Waals surface area contributed by atoms with Gasteiger partial charge in [-0.25, -0.2) is 0 Å². The van der Waals surface area contributed by atoms with Crippen LogP contribution in [0.3, 0.4) is 0 Å². The number of fused-ring (bicyclic) bond motifs is 1. The van der Waals surface area contributed by atoms with Crippen molar-refractivity contribution < 1.29 is 9.47 Å². The van der Waals surface area contributed by atoms with Crippen LogP contribution < -0.4 is 14.8 Å². The van der Waals surface area contributed by atoms with Gasteiger partial charge in [0.1, 0.15) is 17.1 Å². The second kappa shape index (κ2) is 5.97. The summed E-state index contributed by atoms with van der Waals surface area (Å²) < 4.78 is 11.4. The van der Waals surface area contributed by atoms with Gasteiger partial charge in [0.25, 0.3) is 0 Å². The van der Waals surface area contributed by atoms with Gasteiger partial charge in [-0.15, -0.1) is 0 Å². The Morgan fingerprint density at radius 2 is 2.23 bits per heavy atom. The summed E-state index contributed by atoms with van der Waals surface area (Å²) in [4.78, 5) is 4.16. The first-order valence-electron chi connectivity index (χ1n) is 7.57. The third-order valence-corrected chi connectivity index (χ3v) is 3.95. The molecule has 3 rings (SSSR count). The van der Waals surface area contributed by atoms with E-state index < -0.39 is 0 Å². The maximum atomic E-state index is 6.09. The second-order valence-corrected chi connectivity index (χ2v) is 6.26. The first-order chi connectivity index (χ1) is 10.6. The number of pyridine rings is 1. The van der Waals surface area contributed by atoms with E-state index in [1.54, 1.807) is 13.3 Å². The number of methoxy groups -OCH3 is 1. The van der Waals surface area contributed by atoms with Crippen LogP contribution in [-0.4, -0.2) is 17.7 Å². The molecule has 1 aromatic carbocycles. The Morgan fingerprint density at radius 3 is 2.95 bits per heavy atom. The molecule has 1 aliphatic rings. The third kappa shape index (κ3) is 3.22. The van der Waals surface area contributed by atoms with Gasteiger partial charge in [0, 0.05) is 37.0 Å². The number of hydrogen-bond donors (Lipinski definition) is 1. The zero-order valence-corrected chi connectivity index (χ0v) is 13.3. The normalized spacial score (nSPS) is 19.1. The standard InChI is InChI=1S/C18H22N2O2/c1-18(2)10-16(20-12-13-5-4-8-19-11-13)15-9-14(21-3)6-7-17(15)22-18/h4-9,11,16,20H,10,12H2,1-3H3. The monoisotopic (exact) mass is 298 g/mol. The minimum Gasteiger partial charge on any atom is -0.497 e. The topological polar surface area (TPSA) is 43.4 Å². The summed E-state index contributed by atoms with van der Waals surface area (Å²) in [5.41, 5.74) is 2.15. The number of aromatic nitrogens is 1.